The summed E-state index contributed by atoms with van der Waals surface area (Å²) < 4.78 is 22.8. The lowest BCUT2D eigenvalue weighted by Crippen LogP contribution is -2.45. The van der Waals surface area contributed by atoms with Gasteiger partial charge in [0, 0.05) is 12.6 Å². The first kappa shape index (κ1) is 16.7. The van der Waals surface area contributed by atoms with Gasteiger partial charge < -0.3 is 10.2 Å². The topological polar surface area (TPSA) is 66.5 Å². The van der Waals surface area contributed by atoms with E-state index in [1.54, 1.807) is 11.9 Å². The lowest BCUT2D eigenvalue weighted by atomic mass is 10.2. The van der Waals surface area contributed by atoms with Crippen molar-refractivity contribution in [2.75, 3.05) is 31.6 Å². The first-order chi connectivity index (χ1) is 7.50. The van der Waals surface area contributed by atoms with Crippen molar-refractivity contribution >= 4 is 28.2 Å². The zero-order valence-electron chi connectivity index (χ0n) is 10.3. The van der Waals surface area contributed by atoms with E-state index in [9.17, 15) is 13.2 Å². The zero-order valence-corrected chi connectivity index (χ0v) is 11.9. The summed E-state index contributed by atoms with van der Waals surface area (Å²) in [5.74, 6) is 0.333. The normalized spacial score (nSPS) is 21.9. The van der Waals surface area contributed by atoms with Gasteiger partial charge in [-0.15, -0.1) is 12.4 Å². The molecule has 1 saturated heterocycles. The molecule has 1 unspecified atom stereocenters. The second-order valence-corrected chi connectivity index (χ2v) is 6.40. The molecule has 0 spiro atoms. The molecule has 1 fully saturated rings. The monoisotopic (exact) mass is 284 g/mol. The van der Waals surface area contributed by atoms with Crippen molar-refractivity contribution in [3.8, 4) is 0 Å². The third-order valence-corrected chi connectivity index (χ3v) is 4.51. The highest BCUT2D eigenvalue weighted by atomic mass is 35.5. The number of nitrogens with zero attached hydrogens (tertiary/aromatic N) is 1. The van der Waals surface area contributed by atoms with Gasteiger partial charge in [-0.2, -0.15) is 0 Å². The second-order valence-electron chi connectivity index (χ2n) is 4.17. The molecule has 1 aliphatic rings. The molecular formula is C10H21ClN2O3S. The van der Waals surface area contributed by atoms with Crippen molar-refractivity contribution in [1.29, 1.82) is 0 Å². The van der Waals surface area contributed by atoms with Crippen molar-refractivity contribution in [2.45, 2.75) is 25.8 Å². The van der Waals surface area contributed by atoms with Crippen LogP contribution >= 0.6 is 12.4 Å². The quantitative estimate of drug-likeness (QED) is 0.775. The molecule has 7 heteroatoms. The van der Waals surface area contributed by atoms with Crippen LogP contribution in [0.15, 0.2) is 0 Å². The van der Waals surface area contributed by atoms with Crippen molar-refractivity contribution in [2.24, 2.45) is 0 Å². The van der Waals surface area contributed by atoms with Crippen LogP contribution in [0.3, 0.4) is 0 Å². The number of hydrogen-bond acceptors (Lipinski definition) is 4. The maximum absolute atomic E-state index is 11.8. The SMILES string of the molecule is CCCN(C(=O)CNC)C1CCS(=O)(=O)C1.Cl. The molecule has 102 valence electrons. The number of hydrogen-bond donors (Lipinski definition) is 1. The first-order valence-corrected chi connectivity index (χ1v) is 7.46. The van der Waals surface area contributed by atoms with E-state index in [0.29, 0.717) is 13.0 Å². The van der Waals surface area contributed by atoms with Crippen LogP contribution in [-0.2, 0) is 14.6 Å². The van der Waals surface area contributed by atoms with E-state index in [0.717, 1.165) is 6.42 Å². The molecule has 0 aromatic heterocycles. The molecule has 5 nitrogen and oxygen atoms in total. The molecule has 0 aromatic rings. The fourth-order valence-electron chi connectivity index (χ4n) is 2.03. The van der Waals surface area contributed by atoms with Crippen LogP contribution in [0.4, 0.5) is 0 Å². The average molecular weight is 285 g/mol. The summed E-state index contributed by atoms with van der Waals surface area (Å²) in [6, 6.07) is -0.120. The second kappa shape index (κ2) is 7.18. The maximum Gasteiger partial charge on any atom is 0.236 e. The Hall–Kier alpha value is -0.330. The Morgan fingerprint density at radius 1 is 1.47 bits per heavy atom. The van der Waals surface area contributed by atoms with Crippen LogP contribution < -0.4 is 5.32 Å². The Labute approximate surface area is 109 Å². The highest BCUT2D eigenvalue weighted by molar-refractivity contribution is 7.91. The third-order valence-electron chi connectivity index (χ3n) is 2.76. The van der Waals surface area contributed by atoms with E-state index in [2.05, 4.69) is 5.32 Å². The molecule has 0 aliphatic carbocycles. The number of carbonyl (C=O) groups is 1. The molecule has 1 aliphatic heterocycles. The minimum atomic E-state index is -2.92. The number of amides is 1. The number of likely N-dealkylation sites (N-methyl/N-ethyl adjacent to an activating group) is 1. The van der Waals surface area contributed by atoms with E-state index < -0.39 is 9.84 Å². The Kier molecular flexibility index (Phi) is 7.04. The van der Waals surface area contributed by atoms with Crippen LogP contribution in [0.25, 0.3) is 0 Å². The van der Waals surface area contributed by atoms with Crippen molar-refractivity contribution in [3.63, 3.8) is 0 Å². The molecule has 1 N–H and O–H groups in total. The molecule has 1 rings (SSSR count). The summed E-state index contributed by atoms with van der Waals surface area (Å²) in [7, 11) is -1.21. The van der Waals surface area contributed by atoms with Gasteiger partial charge in [-0.3, -0.25) is 4.79 Å². The summed E-state index contributed by atoms with van der Waals surface area (Å²) in [5, 5.41) is 2.81. The molecular weight excluding hydrogens is 264 g/mol. The maximum atomic E-state index is 11.8. The van der Waals surface area contributed by atoms with Gasteiger partial charge in [0.2, 0.25) is 5.91 Å². The minimum Gasteiger partial charge on any atom is -0.338 e. The van der Waals surface area contributed by atoms with Gasteiger partial charge in [-0.25, -0.2) is 8.42 Å². The van der Waals surface area contributed by atoms with Gasteiger partial charge in [0.15, 0.2) is 9.84 Å². The Morgan fingerprint density at radius 2 is 2.12 bits per heavy atom. The van der Waals surface area contributed by atoms with E-state index >= 15 is 0 Å². The van der Waals surface area contributed by atoms with Gasteiger partial charge in [-0.05, 0) is 19.9 Å². The molecule has 1 atom stereocenters. The van der Waals surface area contributed by atoms with Crippen LogP contribution in [0.2, 0.25) is 0 Å². The third kappa shape index (κ3) is 4.81. The summed E-state index contributed by atoms with van der Waals surface area (Å²) in [4.78, 5) is 13.5. The summed E-state index contributed by atoms with van der Waals surface area (Å²) in [6.45, 7) is 2.90. The van der Waals surface area contributed by atoms with Crippen molar-refractivity contribution < 1.29 is 13.2 Å². The first-order valence-electron chi connectivity index (χ1n) is 5.64. The van der Waals surface area contributed by atoms with Crippen LogP contribution in [0.5, 0.6) is 0 Å². The fraction of sp³-hybridized carbons (Fsp3) is 0.900. The lowest BCUT2D eigenvalue weighted by molar-refractivity contribution is -0.132. The Morgan fingerprint density at radius 3 is 2.53 bits per heavy atom. The predicted octanol–water partition coefficient (Wildman–Crippen LogP) is 0.0533. The van der Waals surface area contributed by atoms with Gasteiger partial charge >= 0.3 is 0 Å². The van der Waals surface area contributed by atoms with E-state index in [1.165, 1.54) is 0 Å². The smallest absolute Gasteiger partial charge is 0.236 e. The number of sulfone groups is 1. The summed E-state index contributed by atoms with van der Waals surface area (Å²) in [5.41, 5.74) is 0. The van der Waals surface area contributed by atoms with E-state index in [1.807, 2.05) is 6.92 Å². The van der Waals surface area contributed by atoms with E-state index in [4.69, 9.17) is 0 Å². The van der Waals surface area contributed by atoms with Gasteiger partial charge in [0.05, 0.1) is 18.1 Å². The number of nitrogens with one attached hydrogen (secondary N) is 1. The van der Waals surface area contributed by atoms with Crippen molar-refractivity contribution in [1.82, 2.24) is 10.2 Å². The zero-order chi connectivity index (χ0) is 12.2. The molecule has 17 heavy (non-hydrogen) atoms. The predicted molar refractivity (Wildman–Crippen MR) is 70.2 cm³/mol. The van der Waals surface area contributed by atoms with Gasteiger partial charge in [0.1, 0.15) is 0 Å². The summed E-state index contributed by atoms with van der Waals surface area (Å²) in [6.07, 6.45) is 1.43. The average Bonchev–Trinajstić information content (AvgIpc) is 2.55. The fourth-order valence-corrected chi connectivity index (χ4v) is 3.76. The standard InChI is InChI=1S/C10H20N2O3S.ClH/c1-3-5-12(10(13)7-11-2)9-4-6-16(14,15)8-9;/h9,11H,3-8H2,1-2H3;1H. The summed E-state index contributed by atoms with van der Waals surface area (Å²) >= 11 is 0. The molecule has 1 amide bonds. The Bertz CT molecular complexity index is 345. The van der Waals surface area contributed by atoms with Crippen molar-refractivity contribution in [3.05, 3.63) is 0 Å². The molecule has 0 radical (unpaired) electrons. The molecule has 0 aromatic carbocycles. The molecule has 0 bridgehead atoms. The Balaban J connectivity index is 0.00000256. The van der Waals surface area contributed by atoms with Gasteiger partial charge in [0.25, 0.3) is 0 Å². The van der Waals surface area contributed by atoms with Crippen LogP contribution in [-0.4, -0.2) is 56.9 Å². The number of halogens is 1. The minimum absolute atomic E-state index is 0. The van der Waals surface area contributed by atoms with Gasteiger partial charge in [-0.1, -0.05) is 6.92 Å². The molecule has 1 heterocycles. The van der Waals surface area contributed by atoms with Crippen LogP contribution in [0.1, 0.15) is 19.8 Å². The number of rotatable bonds is 5. The largest absolute Gasteiger partial charge is 0.338 e. The molecule has 0 saturated carbocycles. The number of carbonyl (C=O) groups excluding carboxylic acids is 1. The lowest BCUT2D eigenvalue weighted by Gasteiger charge is -2.27. The van der Waals surface area contributed by atoms with E-state index in [-0.39, 0.29) is 42.4 Å². The highest BCUT2D eigenvalue weighted by Gasteiger charge is 2.33. The highest BCUT2D eigenvalue weighted by Crippen LogP contribution is 2.18. The van der Waals surface area contributed by atoms with Crippen LogP contribution in [0, 0.1) is 0 Å².